The quantitative estimate of drug-likeness (QED) is 0.806. The molecule has 1 N–H and O–H groups in total. The fourth-order valence-electron chi connectivity index (χ4n) is 5.00. The average Bonchev–Trinajstić information content (AvgIpc) is 2.47. The zero-order valence-corrected chi connectivity index (χ0v) is 13.9. The maximum absolute atomic E-state index is 12.1. The maximum Gasteiger partial charge on any atom is 0.320 e. The van der Waals surface area contributed by atoms with Crippen LogP contribution in [0, 0.1) is 23.2 Å². The highest BCUT2D eigenvalue weighted by Gasteiger charge is 2.57. The van der Waals surface area contributed by atoms with Crippen molar-refractivity contribution in [3.63, 3.8) is 0 Å². The normalized spacial score (nSPS) is 38.6. The van der Waals surface area contributed by atoms with Crippen LogP contribution in [0.25, 0.3) is 0 Å². The molecular weight excluding hydrogens is 262 g/mol. The van der Waals surface area contributed by atoms with E-state index in [4.69, 9.17) is 4.74 Å². The molecule has 0 saturated heterocycles. The summed E-state index contributed by atoms with van der Waals surface area (Å²) in [7, 11) is 0. The molecule has 3 nitrogen and oxygen atoms in total. The molecular formula is C18H31NO2. The topological polar surface area (TPSA) is 38.3 Å². The van der Waals surface area contributed by atoms with E-state index in [1.165, 1.54) is 38.5 Å². The monoisotopic (exact) mass is 293 g/mol. The van der Waals surface area contributed by atoms with Crippen LogP contribution in [0.3, 0.4) is 0 Å². The van der Waals surface area contributed by atoms with Gasteiger partial charge in [0.1, 0.15) is 6.10 Å². The van der Waals surface area contributed by atoms with Crippen molar-refractivity contribution in [2.45, 2.75) is 77.9 Å². The molecule has 4 aliphatic rings. The second-order valence-electron chi connectivity index (χ2n) is 8.20. The second-order valence-corrected chi connectivity index (χ2v) is 8.20. The van der Waals surface area contributed by atoms with Gasteiger partial charge in [0.25, 0.3) is 0 Å². The molecule has 21 heavy (non-hydrogen) atoms. The molecule has 4 aliphatic carbocycles. The summed E-state index contributed by atoms with van der Waals surface area (Å²) >= 11 is 0. The van der Waals surface area contributed by atoms with E-state index in [0.717, 1.165) is 18.3 Å². The van der Waals surface area contributed by atoms with Crippen LogP contribution in [-0.2, 0) is 9.53 Å². The summed E-state index contributed by atoms with van der Waals surface area (Å²) in [6.45, 7) is 7.43. The van der Waals surface area contributed by atoms with E-state index in [1.807, 2.05) is 0 Å². The number of esters is 1. The van der Waals surface area contributed by atoms with Gasteiger partial charge >= 0.3 is 5.97 Å². The van der Waals surface area contributed by atoms with Gasteiger partial charge in [-0.2, -0.15) is 0 Å². The molecule has 0 aromatic carbocycles. The van der Waals surface area contributed by atoms with E-state index in [2.05, 4.69) is 26.1 Å². The number of hydrogen-bond donors (Lipinski definition) is 1. The Balaban J connectivity index is 1.43. The van der Waals surface area contributed by atoms with Gasteiger partial charge in [-0.15, -0.1) is 0 Å². The van der Waals surface area contributed by atoms with Gasteiger partial charge in [0.15, 0.2) is 0 Å². The van der Waals surface area contributed by atoms with Crippen molar-refractivity contribution >= 4 is 5.97 Å². The highest BCUT2D eigenvalue weighted by atomic mass is 16.5. The predicted molar refractivity (Wildman–Crippen MR) is 83.9 cm³/mol. The van der Waals surface area contributed by atoms with Crippen molar-refractivity contribution < 1.29 is 9.53 Å². The molecule has 0 heterocycles. The van der Waals surface area contributed by atoms with Crippen LogP contribution < -0.4 is 5.32 Å². The Morgan fingerprint density at radius 2 is 1.90 bits per heavy atom. The fourth-order valence-corrected chi connectivity index (χ4v) is 5.00. The molecule has 0 aliphatic heterocycles. The molecule has 120 valence electrons. The van der Waals surface area contributed by atoms with Crippen molar-refractivity contribution in [3.8, 4) is 0 Å². The molecule has 0 radical (unpaired) electrons. The molecule has 0 spiro atoms. The van der Waals surface area contributed by atoms with Gasteiger partial charge in [-0.3, -0.25) is 4.79 Å². The summed E-state index contributed by atoms with van der Waals surface area (Å²) in [6.07, 6.45) is 8.93. The zero-order valence-electron chi connectivity index (χ0n) is 13.9. The minimum Gasteiger partial charge on any atom is -0.461 e. The molecule has 4 saturated carbocycles. The Kier molecular flexibility index (Phi) is 4.31. The van der Waals surface area contributed by atoms with Gasteiger partial charge in [-0.1, -0.05) is 40.0 Å². The van der Waals surface area contributed by atoms with E-state index >= 15 is 0 Å². The van der Waals surface area contributed by atoms with Crippen LogP contribution in [0.15, 0.2) is 0 Å². The van der Waals surface area contributed by atoms with Gasteiger partial charge in [0, 0.05) is 6.04 Å². The number of rotatable bonds is 4. The SMILES string of the molecule is C[C@@H]1[C@H]2C[C@@H](C[C@H]1OC(=O)CNC1CCCCC1)C2(C)C. The summed E-state index contributed by atoms with van der Waals surface area (Å²) in [5.74, 6) is 1.96. The van der Waals surface area contributed by atoms with Crippen LogP contribution >= 0.6 is 0 Å². The lowest BCUT2D eigenvalue weighted by Gasteiger charge is -2.61. The molecule has 4 rings (SSSR count). The third-order valence-corrected chi connectivity index (χ3v) is 6.71. The maximum atomic E-state index is 12.1. The third-order valence-electron chi connectivity index (χ3n) is 6.71. The minimum atomic E-state index is -0.0449. The lowest BCUT2D eigenvalue weighted by molar-refractivity contribution is -0.185. The molecule has 2 bridgehead atoms. The number of nitrogens with one attached hydrogen (secondary N) is 1. The lowest BCUT2D eigenvalue weighted by atomic mass is 9.45. The number of fused-ring (bicyclic) bond motifs is 2. The smallest absolute Gasteiger partial charge is 0.320 e. The van der Waals surface area contributed by atoms with E-state index in [-0.39, 0.29) is 12.1 Å². The predicted octanol–water partition coefficient (Wildman–Crippen LogP) is 3.52. The standard InChI is InChI=1S/C18H31NO2/c1-12-15-9-13(18(15,2)3)10-16(12)21-17(20)11-19-14-7-5-4-6-8-14/h12-16,19H,4-11H2,1-3H3/t12-,13+,15-,16-/m1/s1. The van der Waals surface area contributed by atoms with Crippen LogP contribution in [0.4, 0.5) is 0 Å². The van der Waals surface area contributed by atoms with Crippen molar-refractivity contribution in [2.75, 3.05) is 6.54 Å². The summed E-state index contributed by atoms with van der Waals surface area (Å²) in [6, 6.07) is 0.530. The average molecular weight is 293 g/mol. The summed E-state index contributed by atoms with van der Waals surface area (Å²) in [5.41, 5.74) is 0.461. The van der Waals surface area contributed by atoms with Gasteiger partial charge in [-0.25, -0.2) is 0 Å². The minimum absolute atomic E-state index is 0.0449. The first-order valence-electron chi connectivity index (χ1n) is 8.91. The van der Waals surface area contributed by atoms with Gasteiger partial charge in [0.2, 0.25) is 0 Å². The molecule has 0 aromatic rings. The molecule has 0 amide bonds. The summed E-state index contributed by atoms with van der Waals surface area (Å²) in [5, 5.41) is 3.39. The van der Waals surface area contributed by atoms with Crippen LogP contribution in [-0.4, -0.2) is 24.7 Å². The number of carbonyl (C=O) groups is 1. The molecule has 0 aromatic heterocycles. The first kappa shape index (κ1) is 15.3. The highest BCUT2D eigenvalue weighted by molar-refractivity contribution is 5.72. The zero-order chi connectivity index (χ0) is 15.0. The lowest BCUT2D eigenvalue weighted by Crippen LogP contribution is -2.57. The largest absolute Gasteiger partial charge is 0.461 e. The van der Waals surface area contributed by atoms with Crippen molar-refractivity contribution in [2.24, 2.45) is 23.2 Å². The van der Waals surface area contributed by atoms with Gasteiger partial charge in [0.05, 0.1) is 6.54 Å². The fraction of sp³-hybridized carbons (Fsp3) is 0.944. The molecule has 0 unspecified atom stereocenters. The van der Waals surface area contributed by atoms with Gasteiger partial charge < -0.3 is 10.1 Å². The van der Waals surface area contributed by atoms with E-state index in [9.17, 15) is 4.79 Å². The van der Waals surface area contributed by atoms with Crippen LogP contribution in [0.2, 0.25) is 0 Å². The Morgan fingerprint density at radius 1 is 1.19 bits per heavy atom. The Morgan fingerprint density at radius 3 is 2.52 bits per heavy atom. The first-order chi connectivity index (χ1) is 9.98. The van der Waals surface area contributed by atoms with E-state index < -0.39 is 0 Å². The van der Waals surface area contributed by atoms with Crippen molar-refractivity contribution in [3.05, 3.63) is 0 Å². The van der Waals surface area contributed by atoms with Crippen LogP contribution in [0.5, 0.6) is 0 Å². The van der Waals surface area contributed by atoms with Crippen molar-refractivity contribution in [1.82, 2.24) is 5.32 Å². The summed E-state index contributed by atoms with van der Waals surface area (Å²) in [4.78, 5) is 12.1. The highest BCUT2D eigenvalue weighted by Crippen LogP contribution is 2.61. The Labute approximate surface area is 129 Å². The Bertz CT molecular complexity index is 387. The number of hydrogen-bond acceptors (Lipinski definition) is 3. The molecule has 3 heteroatoms. The van der Waals surface area contributed by atoms with E-state index in [0.29, 0.717) is 23.9 Å². The number of ether oxygens (including phenoxy) is 1. The Hall–Kier alpha value is -0.570. The van der Waals surface area contributed by atoms with E-state index in [1.54, 1.807) is 0 Å². The molecule has 4 fully saturated rings. The second kappa shape index (κ2) is 5.91. The first-order valence-corrected chi connectivity index (χ1v) is 8.91. The number of carbonyl (C=O) groups excluding carboxylic acids is 1. The molecule has 4 atom stereocenters. The van der Waals surface area contributed by atoms with Gasteiger partial charge in [-0.05, 0) is 48.9 Å². The van der Waals surface area contributed by atoms with Crippen LogP contribution in [0.1, 0.15) is 65.7 Å². The third kappa shape index (κ3) is 2.99. The van der Waals surface area contributed by atoms with Crippen molar-refractivity contribution in [1.29, 1.82) is 0 Å². The summed E-state index contributed by atoms with van der Waals surface area (Å²) < 4.78 is 5.79.